The molecule has 2 aromatic carbocycles. The first kappa shape index (κ1) is 29.3. The molecule has 0 aliphatic carbocycles. The van der Waals surface area contributed by atoms with Gasteiger partial charge in [0.05, 0.1) is 31.6 Å². The molecule has 0 radical (unpaired) electrons. The Balaban J connectivity index is 1.92. The summed E-state index contributed by atoms with van der Waals surface area (Å²) in [5, 5.41) is 11.6. The molecular weight excluding hydrogens is 548 g/mol. The molecule has 1 amide bonds. The summed E-state index contributed by atoms with van der Waals surface area (Å²) in [5.41, 5.74) is 0.812. The van der Waals surface area contributed by atoms with Gasteiger partial charge in [-0.05, 0) is 51.1 Å². The van der Waals surface area contributed by atoms with Gasteiger partial charge in [0.25, 0.3) is 5.78 Å². The van der Waals surface area contributed by atoms with Crippen molar-refractivity contribution in [3.05, 3.63) is 82.4 Å². The number of ether oxygens (including phenoxy) is 4. The minimum Gasteiger partial charge on any atom is -0.507 e. The van der Waals surface area contributed by atoms with E-state index in [2.05, 4.69) is 11.6 Å². The second kappa shape index (κ2) is 12.3. The van der Waals surface area contributed by atoms with Gasteiger partial charge in [-0.2, -0.15) is 0 Å². The van der Waals surface area contributed by atoms with Crippen molar-refractivity contribution < 1.29 is 38.4 Å². The van der Waals surface area contributed by atoms with Gasteiger partial charge in [-0.25, -0.2) is 9.78 Å². The van der Waals surface area contributed by atoms with Gasteiger partial charge in [0.2, 0.25) is 0 Å². The number of aliphatic hydroxyl groups excluding tert-OH is 1. The first-order chi connectivity index (χ1) is 19.6. The number of amides is 1. The molecule has 4 rings (SSSR count). The quantitative estimate of drug-likeness (QED) is 0.113. The number of Topliss-reactive ketones (excluding diaryl/α,β-unsaturated/α-hetero) is 1. The van der Waals surface area contributed by atoms with E-state index in [0.717, 1.165) is 16.2 Å². The van der Waals surface area contributed by atoms with Crippen LogP contribution in [-0.2, 0) is 14.3 Å². The first-order valence-electron chi connectivity index (χ1n) is 12.7. The van der Waals surface area contributed by atoms with Gasteiger partial charge in [-0.15, -0.1) is 0 Å². The molecule has 3 aromatic rings. The number of para-hydroxylation sites is 1. The molecule has 1 aromatic heterocycles. The van der Waals surface area contributed by atoms with Crippen molar-refractivity contribution in [1.82, 2.24) is 4.98 Å². The molecule has 0 spiro atoms. The van der Waals surface area contributed by atoms with Gasteiger partial charge >= 0.3 is 11.9 Å². The third-order valence-electron chi connectivity index (χ3n) is 6.18. The van der Waals surface area contributed by atoms with Crippen LogP contribution in [-0.4, -0.2) is 54.7 Å². The fourth-order valence-corrected chi connectivity index (χ4v) is 5.43. The number of aryl methyl sites for hydroxylation is 1. The molecule has 10 nitrogen and oxygen atoms in total. The van der Waals surface area contributed by atoms with Crippen LogP contribution in [0.1, 0.15) is 46.4 Å². The van der Waals surface area contributed by atoms with E-state index in [0.29, 0.717) is 28.3 Å². The number of hydrogen-bond acceptors (Lipinski definition) is 10. The number of carbonyl (C=O) groups is 3. The molecule has 1 atom stereocenters. The molecule has 0 saturated carbocycles. The van der Waals surface area contributed by atoms with Gasteiger partial charge in [-0.3, -0.25) is 14.5 Å². The number of rotatable bonds is 10. The highest BCUT2D eigenvalue weighted by atomic mass is 32.1. The molecule has 2 heterocycles. The van der Waals surface area contributed by atoms with Crippen LogP contribution in [0.5, 0.6) is 17.2 Å². The van der Waals surface area contributed by atoms with Crippen LogP contribution in [0, 0.1) is 6.92 Å². The van der Waals surface area contributed by atoms with E-state index in [-0.39, 0.29) is 34.0 Å². The van der Waals surface area contributed by atoms with Crippen LogP contribution in [0.15, 0.2) is 60.7 Å². The number of aromatic nitrogens is 1. The van der Waals surface area contributed by atoms with Crippen LogP contribution in [0.2, 0.25) is 0 Å². The number of thiazole rings is 1. The number of anilines is 1. The third-order valence-corrected chi connectivity index (χ3v) is 7.32. The molecule has 1 N–H and O–H groups in total. The van der Waals surface area contributed by atoms with Gasteiger partial charge in [0.1, 0.15) is 29.0 Å². The molecule has 41 heavy (non-hydrogen) atoms. The Kier molecular flexibility index (Phi) is 8.77. The number of nitrogens with zero attached hydrogens (tertiary/aromatic N) is 2. The second-order valence-corrected chi connectivity index (χ2v) is 10.2. The highest BCUT2D eigenvalue weighted by Crippen LogP contribution is 2.48. The summed E-state index contributed by atoms with van der Waals surface area (Å²) < 4.78 is 21.9. The van der Waals surface area contributed by atoms with Gasteiger partial charge in [-0.1, -0.05) is 36.1 Å². The minimum absolute atomic E-state index is 0.00196. The van der Waals surface area contributed by atoms with Crippen LogP contribution >= 0.6 is 11.3 Å². The van der Waals surface area contributed by atoms with Crippen LogP contribution in [0.3, 0.4) is 0 Å². The third kappa shape index (κ3) is 5.66. The summed E-state index contributed by atoms with van der Waals surface area (Å²) in [7, 11) is 2.90. The molecule has 11 heteroatoms. The van der Waals surface area contributed by atoms with E-state index in [1.807, 2.05) is 13.8 Å². The highest BCUT2D eigenvalue weighted by Gasteiger charge is 2.49. The first-order valence-corrected chi connectivity index (χ1v) is 13.5. The maximum atomic E-state index is 13.6. The smallest absolute Gasteiger partial charge is 0.350 e. The van der Waals surface area contributed by atoms with Gasteiger partial charge in [0.15, 0.2) is 16.6 Å². The van der Waals surface area contributed by atoms with Crippen LogP contribution < -0.4 is 19.1 Å². The predicted molar refractivity (Wildman–Crippen MR) is 154 cm³/mol. The van der Waals surface area contributed by atoms with Crippen molar-refractivity contribution in [2.24, 2.45) is 0 Å². The number of carbonyl (C=O) groups excluding carboxylic acids is 3. The fourth-order valence-electron chi connectivity index (χ4n) is 4.45. The van der Waals surface area contributed by atoms with Gasteiger partial charge in [0, 0.05) is 11.1 Å². The van der Waals surface area contributed by atoms with Crippen molar-refractivity contribution in [3.8, 4) is 17.2 Å². The molecule has 1 aliphatic rings. The van der Waals surface area contributed by atoms with E-state index in [1.54, 1.807) is 49.4 Å². The Bertz CT molecular complexity index is 1520. The normalized spacial score (nSPS) is 16.1. The summed E-state index contributed by atoms with van der Waals surface area (Å²) in [6.07, 6.45) is 1.38. The lowest BCUT2D eigenvalue weighted by molar-refractivity contribution is -0.132. The minimum atomic E-state index is -1.16. The molecule has 0 bridgehead atoms. The average molecular weight is 579 g/mol. The summed E-state index contributed by atoms with van der Waals surface area (Å²) >= 11 is 0.900. The second-order valence-electron chi connectivity index (χ2n) is 9.24. The van der Waals surface area contributed by atoms with E-state index in [9.17, 15) is 19.5 Å². The predicted octanol–water partition coefficient (Wildman–Crippen LogP) is 5.23. The number of methoxy groups -OCH3 is 2. The van der Waals surface area contributed by atoms with E-state index in [4.69, 9.17) is 18.9 Å². The molecule has 1 fully saturated rings. The Morgan fingerprint density at radius 1 is 1.15 bits per heavy atom. The summed E-state index contributed by atoms with van der Waals surface area (Å²) in [6.45, 7) is 8.92. The Morgan fingerprint density at radius 3 is 2.46 bits per heavy atom. The van der Waals surface area contributed by atoms with Crippen molar-refractivity contribution in [2.45, 2.75) is 32.9 Å². The Labute approximate surface area is 241 Å². The zero-order chi connectivity index (χ0) is 29.8. The average Bonchev–Trinajstić information content (AvgIpc) is 3.47. The van der Waals surface area contributed by atoms with E-state index < -0.39 is 29.5 Å². The zero-order valence-electron chi connectivity index (χ0n) is 23.3. The SMILES string of the molecule is C=CCOC(=O)c1sc(N2C(=O)C(=O)/C(=C(/O)c3ccc(OC(C)C)cc3)C2c2cccc(OC)c2OC)nc1C. The summed E-state index contributed by atoms with van der Waals surface area (Å²) in [5.74, 6) is -1.69. The standard InChI is InChI=1S/C30H30N2O8S/c1-7-15-39-29(36)27-17(4)31-30(41-27)32-23(20-9-8-10-21(37-5)26(20)38-6)22(25(34)28(32)35)24(33)18-11-13-19(14-12-18)40-16(2)3/h7-14,16,23,33H,1,15H2,2-6H3/b24-22+. The van der Waals surface area contributed by atoms with Crippen molar-refractivity contribution in [1.29, 1.82) is 0 Å². The molecular formula is C30H30N2O8S. The Hall–Kier alpha value is -4.64. The summed E-state index contributed by atoms with van der Waals surface area (Å²) in [4.78, 5) is 45.6. The number of benzene rings is 2. The van der Waals surface area contributed by atoms with Crippen molar-refractivity contribution >= 4 is 39.9 Å². The molecule has 1 aliphatic heterocycles. The highest BCUT2D eigenvalue weighted by molar-refractivity contribution is 7.17. The van der Waals surface area contributed by atoms with Gasteiger partial charge < -0.3 is 24.1 Å². The lowest BCUT2D eigenvalue weighted by Crippen LogP contribution is -2.29. The Morgan fingerprint density at radius 2 is 1.85 bits per heavy atom. The number of esters is 1. The topological polar surface area (TPSA) is 124 Å². The van der Waals surface area contributed by atoms with Crippen molar-refractivity contribution in [2.75, 3.05) is 25.7 Å². The maximum Gasteiger partial charge on any atom is 0.350 e. The fraction of sp³-hybridized carbons (Fsp3) is 0.267. The maximum absolute atomic E-state index is 13.6. The zero-order valence-corrected chi connectivity index (χ0v) is 24.1. The lowest BCUT2D eigenvalue weighted by atomic mass is 9.94. The monoisotopic (exact) mass is 578 g/mol. The van der Waals surface area contributed by atoms with E-state index in [1.165, 1.54) is 20.3 Å². The number of hydrogen-bond donors (Lipinski definition) is 1. The summed E-state index contributed by atoms with van der Waals surface area (Å²) in [6, 6.07) is 10.4. The number of ketones is 1. The lowest BCUT2D eigenvalue weighted by Gasteiger charge is -2.25. The molecule has 1 saturated heterocycles. The van der Waals surface area contributed by atoms with Crippen LogP contribution in [0.25, 0.3) is 5.76 Å². The molecule has 214 valence electrons. The van der Waals surface area contributed by atoms with E-state index >= 15 is 0 Å². The van der Waals surface area contributed by atoms with Crippen molar-refractivity contribution in [3.63, 3.8) is 0 Å². The number of aliphatic hydroxyl groups is 1. The van der Waals surface area contributed by atoms with Crippen LogP contribution in [0.4, 0.5) is 5.13 Å². The largest absolute Gasteiger partial charge is 0.507 e. The molecule has 1 unspecified atom stereocenters.